The molecule has 23 heavy (non-hydrogen) atoms. The molecule has 0 N–H and O–H groups in total. The maximum absolute atomic E-state index is 12.3. The average Bonchev–Trinajstić information content (AvgIpc) is 2.90. The van der Waals surface area contributed by atoms with Crippen LogP contribution < -0.4 is 4.90 Å². The van der Waals surface area contributed by atoms with E-state index in [1.807, 2.05) is 6.07 Å². The molecule has 0 spiro atoms. The first kappa shape index (κ1) is 17.7. The summed E-state index contributed by atoms with van der Waals surface area (Å²) in [7, 11) is -0.376. The molecule has 1 aromatic carbocycles. The van der Waals surface area contributed by atoms with Gasteiger partial charge in [-0.05, 0) is 37.5 Å². The number of benzene rings is 1. The fraction of sp³-hybridized carbons (Fsp3) is 0.562. The predicted octanol–water partition coefficient (Wildman–Crippen LogP) is 1.64. The van der Waals surface area contributed by atoms with E-state index in [1.54, 1.807) is 19.1 Å². The van der Waals surface area contributed by atoms with Crippen LogP contribution in [0.25, 0.3) is 0 Å². The van der Waals surface area contributed by atoms with Crippen molar-refractivity contribution in [3.63, 3.8) is 0 Å². The highest BCUT2D eigenvalue weighted by Crippen LogP contribution is 2.31. The Balaban J connectivity index is 2.08. The van der Waals surface area contributed by atoms with Crippen LogP contribution >= 0.6 is 0 Å². The lowest BCUT2D eigenvalue weighted by atomic mass is 10.2. The third-order valence-electron chi connectivity index (χ3n) is 3.94. The number of nitrogens with zero attached hydrogens (tertiary/aromatic N) is 2. The molecule has 2 rings (SSSR count). The first-order valence-electron chi connectivity index (χ1n) is 7.82. The molecule has 0 saturated heterocycles. The lowest BCUT2D eigenvalue weighted by Gasteiger charge is -2.20. The summed E-state index contributed by atoms with van der Waals surface area (Å²) in [5, 5.41) is 0. The summed E-state index contributed by atoms with van der Waals surface area (Å²) in [6, 6.07) is 5.29. The fourth-order valence-corrected chi connectivity index (χ4v) is 3.60. The molecule has 1 aliphatic heterocycles. The van der Waals surface area contributed by atoms with Crippen LogP contribution in [0.15, 0.2) is 23.1 Å². The minimum atomic E-state index is -3.43. The molecule has 1 aliphatic rings. The van der Waals surface area contributed by atoms with Gasteiger partial charge in [0, 0.05) is 39.3 Å². The zero-order valence-electron chi connectivity index (χ0n) is 13.9. The van der Waals surface area contributed by atoms with Crippen molar-refractivity contribution in [2.75, 3.05) is 38.7 Å². The van der Waals surface area contributed by atoms with Crippen molar-refractivity contribution in [1.82, 2.24) is 4.31 Å². The van der Waals surface area contributed by atoms with E-state index < -0.39 is 10.0 Å². The second-order valence-corrected chi connectivity index (χ2v) is 7.88. The quantitative estimate of drug-likeness (QED) is 0.706. The average molecular weight is 340 g/mol. The number of rotatable bonds is 7. The van der Waals surface area contributed by atoms with E-state index in [-0.39, 0.29) is 5.97 Å². The van der Waals surface area contributed by atoms with Crippen molar-refractivity contribution in [1.29, 1.82) is 0 Å². The Kier molecular flexibility index (Phi) is 5.64. The van der Waals surface area contributed by atoms with E-state index in [2.05, 4.69) is 4.90 Å². The van der Waals surface area contributed by atoms with Gasteiger partial charge in [-0.3, -0.25) is 4.79 Å². The topological polar surface area (TPSA) is 66.9 Å². The number of carbonyl (C=O) groups excluding carboxylic acids is 1. The van der Waals surface area contributed by atoms with Gasteiger partial charge >= 0.3 is 5.97 Å². The largest absolute Gasteiger partial charge is 0.466 e. The third-order valence-corrected chi connectivity index (χ3v) is 5.75. The third kappa shape index (κ3) is 4.03. The van der Waals surface area contributed by atoms with E-state index in [0.717, 1.165) is 30.8 Å². The summed E-state index contributed by atoms with van der Waals surface area (Å²) < 4.78 is 30.7. The van der Waals surface area contributed by atoms with Gasteiger partial charge in [0.1, 0.15) is 0 Å². The van der Waals surface area contributed by atoms with Gasteiger partial charge in [-0.25, -0.2) is 12.7 Å². The normalized spacial score (nSPS) is 14.2. The number of hydrogen-bond donors (Lipinski definition) is 0. The molecule has 6 nitrogen and oxygen atoms in total. The standard InChI is InChI=1S/C16H24N2O4S/c1-4-22-16(19)6-5-10-18-11-9-13-7-8-14(12-15(13)18)23(20,21)17(2)3/h7-8,12H,4-6,9-11H2,1-3H3. The summed E-state index contributed by atoms with van der Waals surface area (Å²) in [6.07, 6.45) is 1.98. The fourth-order valence-electron chi connectivity index (χ4n) is 2.68. The van der Waals surface area contributed by atoms with Crippen LogP contribution in [-0.4, -0.2) is 52.5 Å². The number of anilines is 1. The van der Waals surface area contributed by atoms with Gasteiger partial charge < -0.3 is 9.64 Å². The molecular weight excluding hydrogens is 316 g/mol. The van der Waals surface area contributed by atoms with Crippen molar-refractivity contribution < 1.29 is 17.9 Å². The second-order valence-electron chi connectivity index (χ2n) is 5.72. The smallest absolute Gasteiger partial charge is 0.305 e. The van der Waals surface area contributed by atoms with Crippen LogP contribution in [0.2, 0.25) is 0 Å². The molecule has 0 bridgehead atoms. The SMILES string of the molecule is CCOC(=O)CCCN1CCc2ccc(S(=O)(=O)N(C)C)cc21. The Morgan fingerprint density at radius 3 is 2.74 bits per heavy atom. The van der Waals surface area contributed by atoms with Crippen molar-refractivity contribution >= 4 is 21.7 Å². The Hall–Kier alpha value is -1.60. The van der Waals surface area contributed by atoms with Gasteiger partial charge in [0.15, 0.2) is 0 Å². The summed E-state index contributed by atoms with van der Waals surface area (Å²) in [4.78, 5) is 13.8. The minimum Gasteiger partial charge on any atom is -0.466 e. The van der Waals surface area contributed by atoms with E-state index >= 15 is 0 Å². The van der Waals surface area contributed by atoms with Crippen molar-refractivity contribution in [3.8, 4) is 0 Å². The molecule has 0 radical (unpaired) electrons. The molecule has 1 heterocycles. The first-order valence-corrected chi connectivity index (χ1v) is 9.26. The van der Waals surface area contributed by atoms with Crippen LogP contribution in [0.5, 0.6) is 0 Å². The maximum Gasteiger partial charge on any atom is 0.305 e. The predicted molar refractivity (Wildman–Crippen MR) is 89.1 cm³/mol. The Labute approximate surface area is 138 Å². The molecule has 0 aliphatic carbocycles. The Morgan fingerprint density at radius 2 is 2.09 bits per heavy atom. The summed E-state index contributed by atoms with van der Waals surface area (Å²) >= 11 is 0. The Morgan fingerprint density at radius 1 is 1.35 bits per heavy atom. The molecular formula is C16H24N2O4S. The van der Waals surface area contributed by atoms with E-state index in [0.29, 0.717) is 24.3 Å². The van der Waals surface area contributed by atoms with Crippen LogP contribution in [-0.2, 0) is 26.0 Å². The molecule has 7 heteroatoms. The van der Waals surface area contributed by atoms with Crippen LogP contribution in [0.4, 0.5) is 5.69 Å². The Bertz CT molecular complexity index is 671. The van der Waals surface area contributed by atoms with Crippen molar-refractivity contribution in [2.24, 2.45) is 0 Å². The van der Waals surface area contributed by atoms with Gasteiger partial charge in [0.05, 0.1) is 11.5 Å². The molecule has 0 saturated carbocycles. The van der Waals surface area contributed by atoms with Gasteiger partial charge in [-0.1, -0.05) is 6.07 Å². The van der Waals surface area contributed by atoms with E-state index in [4.69, 9.17) is 4.74 Å². The molecule has 0 atom stereocenters. The summed E-state index contributed by atoms with van der Waals surface area (Å²) in [5.74, 6) is -0.184. The maximum atomic E-state index is 12.3. The molecule has 0 unspecified atom stereocenters. The van der Waals surface area contributed by atoms with Crippen molar-refractivity contribution in [3.05, 3.63) is 23.8 Å². The van der Waals surface area contributed by atoms with E-state index in [9.17, 15) is 13.2 Å². The zero-order chi connectivity index (χ0) is 17.0. The minimum absolute atomic E-state index is 0.184. The van der Waals surface area contributed by atoms with E-state index in [1.165, 1.54) is 18.4 Å². The highest BCUT2D eigenvalue weighted by Gasteiger charge is 2.24. The molecule has 0 fully saturated rings. The summed E-state index contributed by atoms with van der Waals surface area (Å²) in [6.45, 7) is 3.76. The van der Waals surface area contributed by atoms with Crippen molar-refractivity contribution in [2.45, 2.75) is 31.1 Å². The molecule has 0 aromatic heterocycles. The van der Waals surface area contributed by atoms with Gasteiger partial charge in [-0.2, -0.15) is 0 Å². The molecule has 128 valence electrons. The van der Waals surface area contributed by atoms with Gasteiger partial charge in [-0.15, -0.1) is 0 Å². The number of hydrogen-bond acceptors (Lipinski definition) is 5. The summed E-state index contributed by atoms with van der Waals surface area (Å²) in [5.41, 5.74) is 2.11. The number of carbonyl (C=O) groups is 1. The second kappa shape index (κ2) is 7.31. The number of esters is 1. The van der Waals surface area contributed by atoms with Crippen LogP contribution in [0, 0.1) is 0 Å². The van der Waals surface area contributed by atoms with Gasteiger partial charge in [0.2, 0.25) is 10.0 Å². The van der Waals surface area contributed by atoms with Gasteiger partial charge in [0.25, 0.3) is 0 Å². The van der Waals surface area contributed by atoms with Crippen LogP contribution in [0.1, 0.15) is 25.3 Å². The molecule has 0 amide bonds. The first-order chi connectivity index (χ1) is 10.9. The lowest BCUT2D eigenvalue weighted by Crippen LogP contribution is -2.24. The number of ether oxygens (including phenoxy) is 1. The van der Waals surface area contributed by atoms with Crippen LogP contribution in [0.3, 0.4) is 0 Å². The zero-order valence-corrected chi connectivity index (χ0v) is 14.7. The molecule has 1 aromatic rings. The number of sulfonamides is 1. The number of fused-ring (bicyclic) bond motifs is 1. The monoisotopic (exact) mass is 340 g/mol. The lowest BCUT2D eigenvalue weighted by molar-refractivity contribution is -0.143. The highest BCUT2D eigenvalue weighted by molar-refractivity contribution is 7.89. The highest BCUT2D eigenvalue weighted by atomic mass is 32.2.